The summed E-state index contributed by atoms with van der Waals surface area (Å²) in [6.45, 7) is 7.34. The van der Waals surface area contributed by atoms with Crippen LogP contribution in [0.2, 0.25) is 0 Å². The van der Waals surface area contributed by atoms with Crippen LogP contribution >= 0.6 is 0 Å². The average Bonchev–Trinajstić information content (AvgIpc) is 3.10. The number of pyridine rings is 1. The number of H-pyrrole nitrogens is 1. The number of fused-ring (bicyclic) bond motifs is 1. The van der Waals surface area contributed by atoms with Gasteiger partial charge in [0.25, 0.3) is 0 Å². The van der Waals surface area contributed by atoms with Gasteiger partial charge in [0.2, 0.25) is 0 Å². The first-order chi connectivity index (χ1) is 13.0. The summed E-state index contributed by atoms with van der Waals surface area (Å²) in [7, 11) is 0. The van der Waals surface area contributed by atoms with E-state index in [0.29, 0.717) is 6.54 Å². The van der Waals surface area contributed by atoms with Crippen molar-refractivity contribution in [2.45, 2.75) is 32.7 Å². The number of aromatic nitrogens is 3. The Labute approximate surface area is 159 Å². The lowest BCUT2D eigenvalue weighted by Crippen LogP contribution is -2.10. The van der Waals surface area contributed by atoms with E-state index in [2.05, 4.69) is 83.7 Å². The zero-order valence-corrected chi connectivity index (χ0v) is 16.0. The molecule has 2 aromatic heterocycles. The Balaban J connectivity index is 1.70. The molecule has 2 N–H and O–H groups in total. The normalized spacial score (nSPS) is 11.7. The fourth-order valence-corrected chi connectivity index (χ4v) is 3.27. The van der Waals surface area contributed by atoms with Crippen LogP contribution in [-0.2, 0) is 12.0 Å². The third-order valence-electron chi connectivity index (χ3n) is 4.81. The predicted octanol–water partition coefficient (Wildman–Crippen LogP) is 5.53. The molecule has 4 heteroatoms. The van der Waals surface area contributed by atoms with E-state index in [0.717, 1.165) is 22.4 Å². The molecule has 0 spiro atoms. The zero-order valence-electron chi connectivity index (χ0n) is 16.0. The highest BCUT2D eigenvalue weighted by Gasteiger charge is 2.15. The van der Waals surface area contributed by atoms with Gasteiger partial charge in [-0.25, -0.2) is 0 Å². The second-order valence-electron chi connectivity index (χ2n) is 7.80. The van der Waals surface area contributed by atoms with Crippen LogP contribution in [0.4, 0.5) is 5.82 Å². The lowest BCUT2D eigenvalue weighted by molar-refractivity contribution is 0.590. The number of anilines is 1. The van der Waals surface area contributed by atoms with Crippen LogP contribution in [0, 0.1) is 0 Å². The van der Waals surface area contributed by atoms with Gasteiger partial charge in [-0.15, -0.1) is 0 Å². The van der Waals surface area contributed by atoms with Gasteiger partial charge >= 0.3 is 0 Å². The van der Waals surface area contributed by atoms with Crippen molar-refractivity contribution >= 4 is 16.7 Å². The predicted molar refractivity (Wildman–Crippen MR) is 112 cm³/mol. The molecule has 4 nitrogen and oxygen atoms in total. The Kier molecular flexibility index (Phi) is 4.40. The second-order valence-corrected chi connectivity index (χ2v) is 7.80. The largest absolute Gasteiger partial charge is 0.362 e. The molecule has 0 saturated heterocycles. The number of benzene rings is 2. The van der Waals surface area contributed by atoms with Crippen molar-refractivity contribution in [2.24, 2.45) is 0 Å². The van der Waals surface area contributed by atoms with Gasteiger partial charge < -0.3 is 5.32 Å². The molecule has 0 saturated carbocycles. The van der Waals surface area contributed by atoms with E-state index >= 15 is 0 Å². The molecule has 0 fully saturated rings. The van der Waals surface area contributed by atoms with E-state index in [9.17, 15) is 0 Å². The molecular formula is C23H24N4. The molecule has 0 bridgehead atoms. The molecule has 0 atom stereocenters. The van der Waals surface area contributed by atoms with E-state index < -0.39 is 0 Å². The standard InChI is InChI=1S/C23H24N4/c1-23(2,3)17-12-10-16(11-13-17)19-8-6-9-20-21(19)22(27-26-20)25-15-18-7-4-5-14-24-18/h4-14H,15H2,1-3H3,(H2,25,26,27). The molecule has 0 aliphatic carbocycles. The fourth-order valence-electron chi connectivity index (χ4n) is 3.27. The molecule has 0 amide bonds. The highest BCUT2D eigenvalue weighted by Crippen LogP contribution is 2.34. The van der Waals surface area contributed by atoms with Gasteiger partial charge in [-0.2, -0.15) is 5.10 Å². The minimum absolute atomic E-state index is 0.148. The first kappa shape index (κ1) is 17.3. The Bertz CT molecular complexity index is 1040. The molecule has 0 aliphatic rings. The van der Waals surface area contributed by atoms with E-state index in [1.807, 2.05) is 24.4 Å². The number of rotatable bonds is 4. The average molecular weight is 356 g/mol. The first-order valence-electron chi connectivity index (χ1n) is 9.24. The van der Waals surface area contributed by atoms with Crippen molar-refractivity contribution in [3.05, 3.63) is 78.1 Å². The van der Waals surface area contributed by atoms with Crippen molar-refractivity contribution in [3.63, 3.8) is 0 Å². The third-order valence-corrected chi connectivity index (χ3v) is 4.81. The Morgan fingerprint density at radius 3 is 2.44 bits per heavy atom. The van der Waals surface area contributed by atoms with Crippen LogP contribution in [0.1, 0.15) is 32.0 Å². The number of hydrogen-bond donors (Lipinski definition) is 2. The van der Waals surface area contributed by atoms with E-state index in [-0.39, 0.29) is 5.41 Å². The van der Waals surface area contributed by atoms with Crippen molar-refractivity contribution in [1.29, 1.82) is 0 Å². The lowest BCUT2D eigenvalue weighted by atomic mass is 9.86. The summed E-state index contributed by atoms with van der Waals surface area (Å²) in [5.41, 5.74) is 5.85. The summed E-state index contributed by atoms with van der Waals surface area (Å²) in [4.78, 5) is 4.37. The van der Waals surface area contributed by atoms with E-state index in [4.69, 9.17) is 0 Å². The van der Waals surface area contributed by atoms with Gasteiger partial charge in [-0.3, -0.25) is 10.1 Å². The van der Waals surface area contributed by atoms with Gasteiger partial charge in [0, 0.05) is 6.20 Å². The van der Waals surface area contributed by atoms with Gasteiger partial charge in [0.1, 0.15) is 0 Å². The molecule has 2 aromatic carbocycles. The van der Waals surface area contributed by atoms with Crippen molar-refractivity contribution in [3.8, 4) is 11.1 Å². The molecule has 27 heavy (non-hydrogen) atoms. The smallest absolute Gasteiger partial charge is 0.156 e. The Morgan fingerprint density at radius 1 is 0.926 bits per heavy atom. The molecule has 0 radical (unpaired) electrons. The molecule has 0 aliphatic heterocycles. The van der Waals surface area contributed by atoms with Crippen LogP contribution in [0.5, 0.6) is 0 Å². The van der Waals surface area contributed by atoms with Gasteiger partial charge in [-0.1, -0.05) is 63.2 Å². The highest BCUT2D eigenvalue weighted by atomic mass is 15.2. The van der Waals surface area contributed by atoms with Crippen LogP contribution in [0.25, 0.3) is 22.0 Å². The minimum Gasteiger partial charge on any atom is -0.362 e. The van der Waals surface area contributed by atoms with Crippen LogP contribution in [0.15, 0.2) is 66.9 Å². The summed E-state index contributed by atoms with van der Waals surface area (Å²) >= 11 is 0. The van der Waals surface area contributed by atoms with Gasteiger partial charge in [0.05, 0.1) is 23.1 Å². The second kappa shape index (κ2) is 6.88. The maximum absolute atomic E-state index is 4.49. The summed E-state index contributed by atoms with van der Waals surface area (Å²) in [5, 5.41) is 12.2. The molecular weight excluding hydrogens is 332 g/mol. The number of aromatic amines is 1. The molecule has 0 unspecified atom stereocenters. The molecule has 4 rings (SSSR count). The highest BCUT2D eigenvalue weighted by molar-refractivity contribution is 6.02. The maximum atomic E-state index is 4.49. The maximum Gasteiger partial charge on any atom is 0.156 e. The monoisotopic (exact) mass is 356 g/mol. The molecule has 136 valence electrons. The topological polar surface area (TPSA) is 53.6 Å². The Morgan fingerprint density at radius 2 is 1.74 bits per heavy atom. The summed E-state index contributed by atoms with van der Waals surface area (Å²) in [6, 6.07) is 21.0. The summed E-state index contributed by atoms with van der Waals surface area (Å²) in [5.74, 6) is 0.853. The minimum atomic E-state index is 0.148. The zero-order chi connectivity index (χ0) is 18.9. The SMILES string of the molecule is CC(C)(C)c1ccc(-c2cccc3[nH]nc(NCc4ccccn4)c23)cc1. The summed E-state index contributed by atoms with van der Waals surface area (Å²) in [6.07, 6.45) is 1.81. The number of nitrogens with one attached hydrogen (secondary N) is 2. The van der Waals surface area contributed by atoms with Crippen molar-refractivity contribution < 1.29 is 0 Å². The molecule has 4 aromatic rings. The van der Waals surface area contributed by atoms with Crippen molar-refractivity contribution in [1.82, 2.24) is 15.2 Å². The third kappa shape index (κ3) is 3.56. The van der Waals surface area contributed by atoms with E-state index in [1.165, 1.54) is 16.7 Å². The van der Waals surface area contributed by atoms with Crippen molar-refractivity contribution in [2.75, 3.05) is 5.32 Å². The lowest BCUT2D eigenvalue weighted by Gasteiger charge is -2.19. The summed E-state index contributed by atoms with van der Waals surface area (Å²) < 4.78 is 0. The molecule has 2 heterocycles. The van der Waals surface area contributed by atoms with Crippen LogP contribution in [-0.4, -0.2) is 15.2 Å². The quantitative estimate of drug-likeness (QED) is 0.505. The van der Waals surface area contributed by atoms with Crippen LogP contribution in [0.3, 0.4) is 0 Å². The van der Waals surface area contributed by atoms with Gasteiger partial charge in [0.15, 0.2) is 5.82 Å². The van der Waals surface area contributed by atoms with Crippen LogP contribution < -0.4 is 5.32 Å². The fraction of sp³-hybridized carbons (Fsp3) is 0.217. The number of nitrogens with zero attached hydrogens (tertiary/aromatic N) is 2. The van der Waals surface area contributed by atoms with E-state index in [1.54, 1.807) is 0 Å². The first-order valence-corrected chi connectivity index (χ1v) is 9.24. The number of hydrogen-bond acceptors (Lipinski definition) is 3. The van der Waals surface area contributed by atoms with Gasteiger partial charge in [-0.05, 0) is 40.3 Å². The Hall–Kier alpha value is -3.14.